The Morgan fingerprint density at radius 3 is 2.69 bits per heavy atom. The molecule has 1 aromatic heterocycles. The van der Waals surface area contributed by atoms with Gasteiger partial charge in [-0.1, -0.05) is 43.6 Å². The second kappa shape index (κ2) is 13.8. The SMILES string of the molecule is COCCCN(CC(=O)N1CCc2sccc2[C@H]1COc1ccc(C(C)C)cc1)C(=O)Nc1cccc(Cl)c1. The lowest BCUT2D eigenvalue weighted by atomic mass is 10.00. The number of nitrogens with one attached hydrogen (secondary N) is 1. The molecule has 1 atom stereocenters. The molecule has 0 radical (unpaired) electrons. The van der Waals surface area contributed by atoms with E-state index < -0.39 is 0 Å². The first kappa shape index (κ1) is 28.9. The Morgan fingerprint density at radius 2 is 1.97 bits per heavy atom. The first-order chi connectivity index (χ1) is 18.9. The lowest BCUT2D eigenvalue weighted by Crippen LogP contribution is -2.49. The van der Waals surface area contributed by atoms with Gasteiger partial charge in [0.25, 0.3) is 0 Å². The van der Waals surface area contributed by atoms with E-state index in [1.54, 1.807) is 42.7 Å². The number of fused-ring (bicyclic) bond motifs is 1. The second-order valence-corrected chi connectivity index (χ2v) is 11.3. The lowest BCUT2D eigenvalue weighted by molar-refractivity contribution is -0.135. The fourth-order valence-corrected chi connectivity index (χ4v) is 5.79. The molecule has 0 bridgehead atoms. The monoisotopic (exact) mass is 569 g/mol. The van der Waals surface area contributed by atoms with Crippen LogP contribution in [-0.4, -0.2) is 61.7 Å². The molecule has 0 saturated carbocycles. The first-order valence-electron chi connectivity index (χ1n) is 13.2. The van der Waals surface area contributed by atoms with Gasteiger partial charge in [0.1, 0.15) is 18.9 Å². The Hall–Kier alpha value is -3.07. The van der Waals surface area contributed by atoms with Crippen LogP contribution in [0.5, 0.6) is 5.75 Å². The summed E-state index contributed by atoms with van der Waals surface area (Å²) >= 11 is 7.80. The van der Waals surface area contributed by atoms with Crippen LogP contribution in [0.2, 0.25) is 5.02 Å². The number of carbonyl (C=O) groups excluding carboxylic acids is 2. The molecule has 3 aromatic rings. The third-order valence-electron chi connectivity index (χ3n) is 6.84. The number of amides is 3. The van der Waals surface area contributed by atoms with E-state index in [1.807, 2.05) is 17.0 Å². The van der Waals surface area contributed by atoms with Gasteiger partial charge < -0.3 is 24.6 Å². The molecule has 1 aliphatic rings. The summed E-state index contributed by atoms with van der Waals surface area (Å²) in [7, 11) is 1.62. The molecule has 2 aromatic carbocycles. The maximum atomic E-state index is 13.7. The number of ether oxygens (including phenoxy) is 2. The van der Waals surface area contributed by atoms with Gasteiger partial charge in [-0.15, -0.1) is 11.3 Å². The Labute approximate surface area is 239 Å². The molecule has 208 valence electrons. The van der Waals surface area contributed by atoms with Gasteiger partial charge in [0.05, 0.1) is 6.04 Å². The number of rotatable bonds is 11. The lowest BCUT2D eigenvalue weighted by Gasteiger charge is -2.37. The summed E-state index contributed by atoms with van der Waals surface area (Å²) in [6, 6.07) is 16.6. The zero-order valence-electron chi connectivity index (χ0n) is 22.7. The van der Waals surface area contributed by atoms with Crippen LogP contribution in [0.3, 0.4) is 0 Å². The van der Waals surface area contributed by atoms with Crippen LogP contribution in [0.1, 0.15) is 48.2 Å². The summed E-state index contributed by atoms with van der Waals surface area (Å²) in [6.07, 6.45) is 1.40. The van der Waals surface area contributed by atoms with E-state index in [-0.39, 0.29) is 24.5 Å². The molecule has 1 N–H and O–H groups in total. The smallest absolute Gasteiger partial charge is 0.322 e. The standard InChI is InChI=1S/C30H36ClN3O4S/c1-21(2)22-8-10-25(11-9-22)38-20-27-26-13-17-39-28(26)12-15-34(27)29(35)19-33(14-5-16-37-3)30(36)32-24-7-4-6-23(31)18-24/h4,6-11,13,17-18,21,27H,5,12,14-16,19-20H2,1-3H3,(H,32,36)/t27-/m1/s1. The van der Waals surface area contributed by atoms with E-state index >= 15 is 0 Å². The highest BCUT2D eigenvalue weighted by Crippen LogP contribution is 2.34. The molecule has 0 aliphatic carbocycles. The van der Waals surface area contributed by atoms with Gasteiger partial charge in [-0.25, -0.2) is 4.79 Å². The first-order valence-corrected chi connectivity index (χ1v) is 14.5. The quantitative estimate of drug-likeness (QED) is 0.264. The minimum Gasteiger partial charge on any atom is -0.491 e. The van der Waals surface area contributed by atoms with E-state index in [9.17, 15) is 9.59 Å². The molecule has 39 heavy (non-hydrogen) atoms. The van der Waals surface area contributed by atoms with E-state index in [1.165, 1.54) is 15.3 Å². The average Bonchev–Trinajstić information content (AvgIpc) is 3.40. The Bertz CT molecular complexity index is 1250. The number of carbonyl (C=O) groups is 2. The summed E-state index contributed by atoms with van der Waals surface area (Å²) in [5.74, 6) is 1.10. The van der Waals surface area contributed by atoms with Crippen LogP contribution in [-0.2, 0) is 16.0 Å². The summed E-state index contributed by atoms with van der Waals surface area (Å²) in [4.78, 5) is 31.6. The zero-order chi connectivity index (χ0) is 27.8. The highest BCUT2D eigenvalue weighted by Gasteiger charge is 2.33. The fraction of sp³-hybridized carbons (Fsp3) is 0.400. The third kappa shape index (κ3) is 7.75. The fourth-order valence-electron chi connectivity index (χ4n) is 4.67. The van der Waals surface area contributed by atoms with Gasteiger partial charge in [0, 0.05) is 42.4 Å². The zero-order valence-corrected chi connectivity index (χ0v) is 24.3. The molecule has 4 rings (SSSR count). The molecule has 0 spiro atoms. The number of urea groups is 1. The van der Waals surface area contributed by atoms with Gasteiger partial charge in [0.15, 0.2) is 0 Å². The van der Waals surface area contributed by atoms with Crippen LogP contribution in [0.4, 0.5) is 10.5 Å². The summed E-state index contributed by atoms with van der Waals surface area (Å²) in [5.41, 5.74) is 2.95. The van der Waals surface area contributed by atoms with Crippen molar-refractivity contribution >= 4 is 40.6 Å². The topological polar surface area (TPSA) is 71.1 Å². The van der Waals surface area contributed by atoms with Gasteiger partial charge in [0.2, 0.25) is 5.91 Å². The maximum absolute atomic E-state index is 13.7. The summed E-state index contributed by atoms with van der Waals surface area (Å²) < 4.78 is 11.4. The van der Waals surface area contributed by atoms with E-state index in [0.717, 1.165) is 17.7 Å². The number of hydrogen-bond acceptors (Lipinski definition) is 5. The number of nitrogens with zero attached hydrogens (tertiary/aromatic N) is 2. The second-order valence-electron chi connectivity index (χ2n) is 9.90. The van der Waals surface area contributed by atoms with Crippen molar-refractivity contribution in [3.05, 3.63) is 81.0 Å². The van der Waals surface area contributed by atoms with Crippen LogP contribution < -0.4 is 10.1 Å². The van der Waals surface area contributed by atoms with Crippen molar-refractivity contribution in [3.63, 3.8) is 0 Å². The molecule has 9 heteroatoms. The molecule has 0 unspecified atom stereocenters. The van der Waals surface area contributed by atoms with Crippen molar-refractivity contribution in [2.24, 2.45) is 0 Å². The van der Waals surface area contributed by atoms with Crippen molar-refractivity contribution in [1.82, 2.24) is 9.80 Å². The molecule has 3 amide bonds. The Morgan fingerprint density at radius 1 is 1.18 bits per heavy atom. The minimum atomic E-state index is -0.354. The molecule has 1 aliphatic heterocycles. The number of anilines is 1. The minimum absolute atomic E-state index is 0.0465. The molecular weight excluding hydrogens is 534 g/mol. The van der Waals surface area contributed by atoms with Crippen LogP contribution in [0.15, 0.2) is 60.0 Å². The number of benzene rings is 2. The molecule has 0 saturated heterocycles. The van der Waals surface area contributed by atoms with Crippen molar-refractivity contribution in [2.45, 2.75) is 38.6 Å². The number of methoxy groups -OCH3 is 1. The Balaban J connectivity index is 1.48. The predicted octanol–water partition coefficient (Wildman–Crippen LogP) is 6.60. The van der Waals surface area contributed by atoms with E-state index in [4.69, 9.17) is 21.1 Å². The van der Waals surface area contributed by atoms with Gasteiger partial charge in [-0.05, 0) is 71.7 Å². The van der Waals surface area contributed by atoms with Crippen molar-refractivity contribution in [2.75, 3.05) is 45.3 Å². The van der Waals surface area contributed by atoms with Crippen LogP contribution >= 0.6 is 22.9 Å². The third-order valence-corrected chi connectivity index (χ3v) is 8.07. The molecule has 7 nitrogen and oxygen atoms in total. The van der Waals surface area contributed by atoms with Crippen molar-refractivity contribution in [3.8, 4) is 5.75 Å². The molecule has 2 heterocycles. The number of hydrogen-bond donors (Lipinski definition) is 1. The maximum Gasteiger partial charge on any atom is 0.322 e. The van der Waals surface area contributed by atoms with Gasteiger partial charge >= 0.3 is 6.03 Å². The highest BCUT2D eigenvalue weighted by molar-refractivity contribution is 7.10. The van der Waals surface area contributed by atoms with Gasteiger partial charge in [-0.3, -0.25) is 4.79 Å². The Kier molecular flexibility index (Phi) is 10.3. The molecule has 0 fully saturated rings. The van der Waals surface area contributed by atoms with Crippen LogP contribution in [0, 0.1) is 0 Å². The summed E-state index contributed by atoms with van der Waals surface area (Å²) in [5, 5.41) is 5.46. The summed E-state index contributed by atoms with van der Waals surface area (Å²) in [6.45, 7) is 6.06. The normalized spacial score (nSPS) is 14.7. The van der Waals surface area contributed by atoms with Crippen molar-refractivity contribution < 1.29 is 19.1 Å². The average molecular weight is 570 g/mol. The van der Waals surface area contributed by atoms with Crippen molar-refractivity contribution in [1.29, 1.82) is 0 Å². The largest absolute Gasteiger partial charge is 0.491 e. The number of halogens is 1. The van der Waals surface area contributed by atoms with Crippen LogP contribution in [0.25, 0.3) is 0 Å². The van der Waals surface area contributed by atoms with E-state index in [0.29, 0.717) is 49.4 Å². The highest BCUT2D eigenvalue weighted by atomic mass is 35.5. The van der Waals surface area contributed by atoms with Gasteiger partial charge in [-0.2, -0.15) is 0 Å². The molecular formula is C30H36ClN3O4S. The predicted molar refractivity (Wildman–Crippen MR) is 157 cm³/mol. The van der Waals surface area contributed by atoms with E-state index in [2.05, 4.69) is 42.7 Å². The number of thiophene rings is 1.